The topological polar surface area (TPSA) is 153 Å². The lowest BCUT2D eigenvalue weighted by Gasteiger charge is -2.06. The van der Waals surface area contributed by atoms with Crippen LogP contribution in [0, 0.1) is 5.82 Å². The summed E-state index contributed by atoms with van der Waals surface area (Å²) in [5.74, 6) is -3.02. The zero-order valence-electron chi connectivity index (χ0n) is 14.2. The fourth-order valence-electron chi connectivity index (χ4n) is 2.59. The van der Waals surface area contributed by atoms with E-state index in [1.165, 1.54) is 23.0 Å². The minimum Gasteiger partial charge on any atom is -0.478 e. The van der Waals surface area contributed by atoms with Gasteiger partial charge < -0.3 is 21.9 Å². The first-order chi connectivity index (χ1) is 13.3. The number of amides is 3. The number of anilines is 1. The standard InChI is InChI=1S/C18H14FN5O4/c19-13-7-10(3-6-12(13)17(26)27)9-1-4-11(5-2-9)24-8-14(22-18(21)28)15(23-24)16(20)25/h1-8H,(H2,20,25)(H,26,27)(H3,21,22,28). The molecule has 1 heterocycles. The number of hydrogen-bond acceptors (Lipinski definition) is 4. The molecule has 0 saturated carbocycles. The molecule has 0 atom stereocenters. The zero-order chi connectivity index (χ0) is 20.4. The molecule has 0 fully saturated rings. The van der Waals surface area contributed by atoms with Gasteiger partial charge in [-0.1, -0.05) is 18.2 Å². The number of aromatic carboxylic acids is 1. The number of primary amides is 2. The number of nitrogens with zero attached hydrogens (tertiary/aromatic N) is 2. The SMILES string of the molecule is NC(=O)Nc1cn(-c2ccc(-c3ccc(C(=O)O)c(F)c3)cc2)nc1C(N)=O. The summed E-state index contributed by atoms with van der Waals surface area (Å²) in [6.45, 7) is 0. The van der Waals surface area contributed by atoms with Crippen molar-refractivity contribution in [2.75, 3.05) is 5.32 Å². The molecule has 1 aromatic heterocycles. The smallest absolute Gasteiger partial charge is 0.338 e. The number of carboxylic acid groups (broad SMARTS) is 1. The molecule has 3 amide bonds. The van der Waals surface area contributed by atoms with Gasteiger partial charge in [0.2, 0.25) is 0 Å². The Balaban J connectivity index is 1.93. The summed E-state index contributed by atoms with van der Waals surface area (Å²) in [4.78, 5) is 33.4. The molecule has 3 aromatic rings. The van der Waals surface area contributed by atoms with Crippen LogP contribution < -0.4 is 16.8 Å². The Morgan fingerprint density at radius 1 is 1.04 bits per heavy atom. The molecule has 6 N–H and O–H groups in total. The first-order valence-electron chi connectivity index (χ1n) is 7.86. The molecule has 10 heteroatoms. The predicted octanol–water partition coefficient (Wildman–Crippen LogP) is 1.97. The normalized spacial score (nSPS) is 10.5. The van der Waals surface area contributed by atoms with E-state index >= 15 is 0 Å². The summed E-state index contributed by atoms with van der Waals surface area (Å²) in [5, 5.41) is 15.2. The highest BCUT2D eigenvalue weighted by atomic mass is 19.1. The molecule has 0 aliphatic rings. The highest BCUT2D eigenvalue weighted by molar-refractivity contribution is 6.00. The number of benzene rings is 2. The monoisotopic (exact) mass is 383 g/mol. The van der Waals surface area contributed by atoms with E-state index in [0.29, 0.717) is 16.8 Å². The second-order valence-corrected chi connectivity index (χ2v) is 5.74. The first kappa shape index (κ1) is 18.6. The highest BCUT2D eigenvalue weighted by Gasteiger charge is 2.16. The number of carboxylic acids is 1. The van der Waals surface area contributed by atoms with Crippen molar-refractivity contribution in [2.45, 2.75) is 0 Å². The Labute approximate surface area is 157 Å². The fourth-order valence-corrected chi connectivity index (χ4v) is 2.59. The van der Waals surface area contributed by atoms with E-state index < -0.39 is 29.3 Å². The predicted molar refractivity (Wildman–Crippen MR) is 97.6 cm³/mol. The maximum atomic E-state index is 13.9. The number of hydrogen-bond donors (Lipinski definition) is 4. The van der Waals surface area contributed by atoms with Gasteiger partial charge in [0, 0.05) is 0 Å². The van der Waals surface area contributed by atoms with Crippen LogP contribution in [-0.2, 0) is 0 Å². The van der Waals surface area contributed by atoms with E-state index in [1.807, 2.05) is 0 Å². The molecule has 0 unspecified atom stereocenters. The van der Waals surface area contributed by atoms with Gasteiger partial charge in [0.05, 0.1) is 23.1 Å². The van der Waals surface area contributed by atoms with Crippen molar-refractivity contribution in [2.24, 2.45) is 11.5 Å². The van der Waals surface area contributed by atoms with Gasteiger partial charge >= 0.3 is 12.0 Å². The second-order valence-electron chi connectivity index (χ2n) is 5.74. The van der Waals surface area contributed by atoms with Crippen LogP contribution in [0.15, 0.2) is 48.7 Å². The number of nitrogens with two attached hydrogens (primary N) is 2. The number of rotatable bonds is 5. The van der Waals surface area contributed by atoms with Crippen LogP contribution in [0.3, 0.4) is 0 Å². The van der Waals surface area contributed by atoms with Crippen LogP contribution in [0.25, 0.3) is 16.8 Å². The third kappa shape index (κ3) is 3.65. The molecule has 0 saturated heterocycles. The van der Waals surface area contributed by atoms with Gasteiger partial charge in [0.1, 0.15) is 5.82 Å². The van der Waals surface area contributed by atoms with E-state index in [-0.39, 0.29) is 11.4 Å². The van der Waals surface area contributed by atoms with E-state index in [4.69, 9.17) is 16.6 Å². The summed E-state index contributed by atoms with van der Waals surface area (Å²) in [7, 11) is 0. The van der Waals surface area contributed by atoms with Crippen LogP contribution in [0.4, 0.5) is 14.9 Å². The molecule has 0 aliphatic heterocycles. The first-order valence-corrected chi connectivity index (χ1v) is 7.86. The van der Waals surface area contributed by atoms with Crippen LogP contribution in [0.2, 0.25) is 0 Å². The van der Waals surface area contributed by atoms with E-state index in [0.717, 1.165) is 6.07 Å². The van der Waals surface area contributed by atoms with Crippen LogP contribution in [0.1, 0.15) is 20.8 Å². The van der Waals surface area contributed by atoms with Gasteiger partial charge in [0.15, 0.2) is 5.69 Å². The summed E-state index contributed by atoms with van der Waals surface area (Å²) < 4.78 is 15.2. The number of urea groups is 1. The van der Waals surface area contributed by atoms with Crippen molar-refractivity contribution in [1.29, 1.82) is 0 Å². The number of nitrogens with one attached hydrogen (secondary N) is 1. The average molecular weight is 383 g/mol. The van der Waals surface area contributed by atoms with Crippen molar-refractivity contribution in [1.82, 2.24) is 9.78 Å². The number of carbonyl (C=O) groups is 3. The third-order valence-electron chi connectivity index (χ3n) is 3.87. The molecule has 2 aromatic carbocycles. The van der Waals surface area contributed by atoms with Crippen LogP contribution in [-0.4, -0.2) is 32.8 Å². The molecule has 0 aliphatic carbocycles. The zero-order valence-corrected chi connectivity index (χ0v) is 14.2. The lowest BCUT2D eigenvalue weighted by Crippen LogP contribution is -2.22. The van der Waals surface area contributed by atoms with Gasteiger partial charge in [-0.05, 0) is 35.4 Å². The highest BCUT2D eigenvalue weighted by Crippen LogP contribution is 2.24. The van der Waals surface area contributed by atoms with E-state index in [1.54, 1.807) is 24.3 Å². The minimum absolute atomic E-state index is 0.0652. The van der Waals surface area contributed by atoms with Crippen molar-refractivity contribution < 1.29 is 23.9 Å². The molecule has 0 radical (unpaired) electrons. The molecule has 3 rings (SSSR count). The molecule has 0 bridgehead atoms. The largest absolute Gasteiger partial charge is 0.478 e. The Morgan fingerprint density at radius 2 is 1.68 bits per heavy atom. The Kier molecular flexibility index (Phi) is 4.77. The van der Waals surface area contributed by atoms with Crippen molar-refractivity contribution >= 4 is 23.6 Å². The number of aromatic nitrogens is 2. The van der Waals surface area contributed by atoms with Gasteiger partial charge in [-0.3, -0.25) is 4.79 Å². The number of carbonyl (C=O) groups excluding carboxylic acids is 2. The van der Waals surface area contributed by atoms with Gasteiger partial charge in [0.25, 0.3) is 5.91 Å². The van der Waals surface area contributed by atoms with Crippen LogP contribution >= 0.6 is 0 Å². The molecular formula is C18H14FN5O4. The third-order valence-corrected chi connectivity index (χ3v) is 3.87. The van der Waals surface area contributed by atoms with Crippen molar-refractivity contribution in [3.8, 4) is 16.8 Å². The molecular weight excluding hydrogens is 369 g/mol. The van der Waals surface area contributed by atoms with E-state index in [2.05, 4.69) is 10.4 Å². The lowest BCUT2D eigenvalue weighted by molar-refractivity contribution is 0.0691. The Hall–Kier alpha value is -4.21. The molecule has 9 nitrogen and oxygen atoms in total. The molecule has 142 valence electrons. The summed E-state index contributed by atoms with van der Waals surface area (Å²) in [6, 6.07) is 9.56. The summed E-state index contributed by atoms with van der Waals surface area (Å²) in [5.41, 5.74) is 11.5. The Bertz CT molecular complexity index is 1090. The molecule has 28 heavy (non-hydrogen) atoms. The quantitative estimate of drug-likeness (QED) is 0.530. The van der Waals surface area contributed by atoms with Crippen LogP contribution in [0.5, 0.6) is 0 Å². The van der Waals surface area contributed by atoms with Crippen molar-refractivity contribution in [3.63, 3.8) is 0 Å². The van der Waals surface area contributed by atoms with Gasteiger partial charge in [-0.25, -0.2) is 18.7 Å². The van der Waals surface area contributed by atoms with Gasteiger partial charge in [-0.2, -0.15) is 5.10 Å². The summed E-state index contributed by atoms with van der Waals surface area (Å²) >= 11 is 0. The lowest BCUT2D eigenvalue weighted by atomic mass is 10.0. The average Bonchev–Trinajstić information content (AvgIpc) is 3.05. The van der Waals surface area contributed by atoms with Gasteiger partial charge in [-0.15, -0.1) is 0 Å². The second kappa shape index (κ2) is 7.19. The molecule has 0 spiro atoms. The van der Waals surface area contributed by atoms with E-state index in [9.17, 15) is 18.8 Å². The maximum absolute atomic E-state index is 13.9. The minimum atomic E-state index is -1.34. The number of halogens is 1. The van der Waals surface area contributed by atoms with Crippen molar-refractivity contribution in [3.05, 3.63) is 65.7 Å². The fraction of sp³-hybridized carbons (Fsp3) is 0. The maximum Gasteiger partial charge on any atom is 0.338 e. The Morgan fingerprint density at radius 3 is 2.21 bits per heavy atom. The summed E-state index contributed by atoms with van der Waals surface area (Å²) in [6.07, 6.45) is 1.38.